The van der Waals surface area contributed by atoms with Crippen molar-refractivity contribution in [3.8, 4) is 0 Å². The number of amides is 1. The molecule has 2 N–H and O–H groups in total. The molecule has 1 amide bonds. The second-order valence-corrected chi connectivity index (χ2v) is 5.30. The second kappa shape index (κ2) is 8.15. The summed E-state index contributed by atoms with van der Waals surface area (Å²) in [5.74, 6) is -0.242. The van der Waals surface area contributed by atoms with Gasteiger partial charge in [-0.3, -0.25) is 19.8 Å². The molecule has 0 spiro atoms. The molecule has 2 heterocycles. The monoisotopic (exact) mass is 320 g/mol. The highest BCUT2D eigenvalue weighted by molar-refractivity contribution is 7.17. The molecule has 0 radical (unpaired) electrons. The van der Waals surface area contributed by atoms with Crippen LogP contribution in [0.3, 0.4) is 0 Å². The van der Waals surface area contributed by atoms with E-state index in [1.807, 2.05) is 0 Å². The summed E-state index contributed by atoms with van der Waals surface area (Å²) >= 11 is 0.900. The molecule has 0 saturated carbocycles. The lowest BCUT2D eigenvalue weighted by Gasteiger charge is -2.26. The van der Waals surface area contributed by atoms with Crippen LogP contribution in [0.5, 0.6) is 0 Å². The van der Waals surface area contributed by atoms with Crippen molar-refractivity contribution >= 4 is 34.7 Å². The van der Waals surface area contributed by atoms with Gasteiger partial charge in [0.1, 0.15) is 0 Å². The van der Waals surface area contributed by atoms with E-state index < -0.39 is 4.92 Å². The van der Waals surface area contributed by atoms with Gasteiger partial charge in [0.05, 0.1) is 9.80 Å². The maximum atomic E-state index is 11.8. The third-order valence-corrected chi connectivity index (χ3v) is 3.95. The fraction of sp³-hybridized carbons (Fsp3) is 0.545. The summed E-state index contributed by atoms with van der Waals surface area (Å²) in [7, 11) is 0. The lowest BCUT2D eigenvalue weighted by atomic mass is 10.3. The molecule has 0 aromatic carbocycles. The maximum absolute atomic E-state index is 11.8. The van der Waals surface area contributed by atoms with Gasteiger partial charge in [-0.25, -0.2) is 0 Å². The van der Waals surface area contributed by atoms with Gasteiger partial charge in [-0.05, 0) is 6.07 Å². The number of halogens is 1. The molecular weight excluding hydrogens is 304 g/mol. The van der Waals surface area contributed by atoms with Gasteiger partial charge < -0.3 is 10.6 Å². The number of piperazine rings is 1. The van der Waals surface area contributed by atoms with E-state index >= 15 is 0 Å². The molecule has 1 aliphatic rings. The normalized spacial score (nSPS) is 15.4. The predicted octanol–water partition coefficient (Wildman–Crippen LogP) is 0.713. The number of hydrogen-bond donors (Lipinski definition) is 2. The summed E-state index contributed by atoms with van der Waals surface area (Å²) in [5.41, 5.74) is 0. The minimum Gasteiger partial charge on any atom is -0.350 e. The van der Waals surface area contributed by atoms with Crippen molar-refractivity contribution < 1.29 is 9.72 Å². The van der Waals surface area contributed by atoms with Gasteiger partial charge in [0, 0.05) is 45.3 Å². The lowest BCUT2D eigenvalue weighted by Crippen LogP contribution is -2.46. The molecule has 1 aliphatic heterocycles. The van der Waals surface area contributed by atoms with E-state index in [0.717, 1.165) is 44.1 Å². The number of nitrogens with zero attached hydrogens (tertiary/aromatic N) is 2. The van der Waals surface area contributed by atoms with Gasteiger partial charge in [-0.15, -0.1) is 12.4 Å². The van der Waals surface area contributed by atoms with Crippen LogP contribution < -0.4 is 10.6 Å². The van der Waals surface area contributed by atoms with Crippen molar-refractivity contribution in [2.75, 3.05) is 39.3 Å². The number of rotatable bonds is 5. The van der Waals surface area contributed by atoms with E-state index in [2.05, 4.69) is 15.5 Å². The van der Waals surface area contributed by atoms with Gasteiger partial charge in [0.25, 0.3) is 5.91 Å². The van der Waals surface area contributed by atoms with Crippen LogP contribution in [0.1, 0.15) is 9.67 Å². The zero-order valence-electron chi connectivity index (χ0n) is 10.8. The molecule has 9 heteroatoms. The molecule has 1 fully saturated rings. The van der Waals surface area contributed by atoms with E-state index in [4.69, 9.17) is 0 Å². The Hall–Kier alpha value is -1.22. The molecule has 0 bridgehead atoms. The Morgan fingerprint density at radius 3 is 2.75 bits per heavy atom. The number of nitrogens with one attached hydrogen (secondary N) is 2. The number of hydrogen-bond acceptors (Lipinski definition) is 6. The molecule has 20 heavy (non-hydrogen) atoms. The van der Waals surface area contributed by atoms with Gasteiger partial charge >= 0.3 is 5.00 Å². The largest absolute Gasteiger partial charge is 0.350 e. The van der Waals surface area contributed by atoms with E-state index in [1.165, 1.54) is 12.1 Å². The van der Waals surface area contributed by atoms with Crippen LogP contribution in [0.4, 0.5) is 5.00 Å². The van der Waals surface area contributed by atoms with E-state index in [9.17, 15) is 14.9 Å². The third kappa shape index (κ3) is 4.71. The fourth-order valence-corrected chi connectivity index (χ4v) is 2.63. The summed E-state index contributed by atoms with van der Waals surface area (Å²) in [6.45, 7) is 5.29. The van der Waals surface area contributed by atoms with Crippen molar-refractivity contribution in [2.45, 2.75) is 0 Å². The Bertz CT molecular complexity index is 462. The molecular formula is C11H17ClN4O3S. The molecule has 1 aromatic heterocycles. The van der Waals surface area contributed by atoms with Crippen LogP contribution in [0.25, 0.3) is 0 Å². The van der Waals surface area contributed by atoms with Gasteiger partial charge in [0.2, 0.25) is 0 Å². The Kier molecular flexibility index (Phi) is 6.86. The highest BCUT2D eigenvalue weighted by Gasteiger charge is 2.15. The third-order valence-electron chi connectivity index (χ3n) is 2.92. The fourth-order valence-electron chi connectivity index (χ4n) is 1.90. The zero-order chi connectivity index (χ0) is 13.7. The number of carbonyl (C=O) groups excluding carboxylic acids is 1. The summed E-state index contributed by atoms with van der Waals surface area (Å²) < 4.78 is 0. The molecule has 0 aliphatic carbocycles. The first kappa shape index (κ1) is 16.8. The SMILES string of the molecule is Cl.O=C(NCCN1CCNCC1)c1ccc([N+](=O)[O-])s1. The Morgan fingerprint density at radius 2 is 2.15 bits per heavy atom. The Labute approximate surface area is 126 Å². The molecule has 7 nitrogen and oxygen atoms in total. The van der Waals surface area contributed by atoms with Crippen molar-refractivity contribution in [2.24, 2.45) is 0 Å². The first-order valence-corrected chi connectivity index (χ1v) is 6.94. The zero-order valence-corrected chi connectivity index (χ0v) is 12.5. The van der Waals surface area contributed by atoms with Crippen LogP contribution in [0.15, 0.2) is 12.1 Å². The standard InChI is InChI=1S/C11H16N4O3S.ClH/c16-11(9-1-2-10(19-9)15(17)18)13-5-8-14-6-3-12-4-7-14;/h1-2,12H,3-8H2,(H,13,16);1H. The number of nitro groups is 1. The Morgan fingerprint density at radius 1 is 1.45 bits per heavy atom. The van der Waals surface area contributed by atoms with Crippen LogP contribution >= 0.6 is 23.7 Å². The average molecular weight is 321 g/mol. The minimum atomic E-state index is -0.484. The smallest absolute Gasteiger partial charge is 0.324 e. The van der Waals surface area contributed by atoms with Crippen molar-refractivity contribution in [1.29, 1.82) is 0 Å². The number of carbonyl (C=O) groups is 1. The van der Waals surface area contributed by atoms with Gasteiger partial charge in [-0.2, -0.15) is 0 Å². The van der Waals surface area contributed by atoms with E-state index in [1.54, 1.807) is 0 Å². The summed E-state index contributed by atoms with van der Waals surface area (Å²) in [6.07, 6.45) is 0. The second-order valence-electron chi connectivity index (χ2n) is 4.24. The molecule has 2 rings (SSSR count). The molecule has 112 valence electrons. The molecule has 0 atom stereocenters. The topological polar surface area (TPSA) is 87.5 Å². The van der Waals surface area contributed by atoms with Crippen molar-refractivity contribution in [3.63, 3.8) is 0 Å². The lowest BCUT2D eigenvalue weighted by molar-refractivity contribution is -0.380. The van der Waals surface area contributed by atoms with Crippen molar-refractivity contribution in [1.82, 2.24) is 15.5 Å². The first-order chi connectivity index (χ1) is 9.16. The van der Waals surface area contributed by atoms with Crippen LogP contribution in [-0.2, 0) is 0 Å². The summed E-state index contributed by atoms with van der Waals surface area (Å²) in [4.78, 5) is 24.5. The van der Waals surface area contributed by atoms with Crippen LogP contribution in [0, 0.1) is 10.1 Å². The summed E-state index contributed by atoms with van der Waals surface area (Å²) in [5, 5.41) is 16.6. The van der Waals surface area contributed by atoms with E-state index in [0.29, 0.717) is 11.4 Å². The molecule has 0 unspecified atom stereocenters. The van der Waals surface area contributed by atoms with Crippen LogP contribution in [0.2, 0.25) is 0 Å². The van der Waals surface area contributed by atoms with Crippen LogP contribution in [-0.4, -0.2) is 55.0 Å². The van der Waals surface area contributed by atoms with Gasteiger partial charge in [-0.1, -0.05) is 11.3 Å². The number of thiophene rings is 1. The molecule has 1 aromatic rings. The highest BCUT2D eigenvalue weighted by Crippen LogP contribution is 2.23. The quantitative estimate of drug-likeness (QED) is 0.616. The van der Waals surface area contributed by atoms with Crippen molar-refractivity contribution in [3.05, 3.63) is 27.1 Å². The predicted molar refractivity (Wildman–Crippen MR) is 79.9 cm³/mol. The Balaban J connectivity index is 0.00000200. The van der Waals surface area contributed by atoms with E-state index in [-0.39, 0.29) is 23.3 Å². The molecule has 1 saturated heterocycles. The first-order valence-electron chi connectivity index (χ1n) is 6.12. The summed E-state index contributed by atoms with van der Waals surface area (Å²) in [6, 6.07) is 2.85. The highest BCUT2D eigenvalue weighted by atomic mass is 35.5. The maximum Gasteiger partial charge on any atom is 0.324 e. The van der Waals surface area contributed by atoms with Gasteiger partial charge in [0.15, 0.2) is 0 Å². The minimum absolute atomic E-state index is 0. The average Bonchev–Trinajstić information content (AvgIpc) is 2.89.